The van der Waals surface area contributed by atoms with Crippen molar-refractivity contribution in [2.24, 2.45) is 5.73 Å². The van der Waals surface area contributed by atoms with Crippen molar-refractivity contribution in [1.29, 1.82) is 0 Å². The fourth-order valence-electron chi connectivity index (χ4n) is 3.53. The molecule has 0 unspecified atom stereocenters. The predicted molar refractivity (Wildman–Crippen MR) is 79.2 cm³/mol. The predicted octanol–water partition coefficient (Wildman–Crippen LogP) is 1.64. The first-order valence-corrected chi connectivity index (χ1v) is 7.63. The van der Waals surface area contributed by atoms with Crippen LogP contribution in [0.1, 0.15) is 30.0 Å². The Morgan fingerprint density at radius 3 is 2.68 bits per heavy atom. The number of piperazine rings is 1. The third kappa shape index (κ3) is 2.83. The van der Waals surface area contributed by atoms with Gasteiger partial charge < -0.3 is 10.6 Å². The summed E-state index contributed by atoms with van der Waals surface area (Å²) in [6.45, 7) is 6.83. The Hall–Kier alpha value is -0.900. The minimum atomic E-state index is 0.674. The molecule has 1 aliphatic carbocycles. The smallest absolute Gasteiger partial charge is 0.0355 e. The van der Waals surface area contributed by atoms with Crippen LogP contribution in [0.3, 0.4) is 0 Å². The second-order valence-corrected chi connectivity index (χ2v) is 5.77. The monoisotopic (exact) mass is 259 g/mol. The van der Waals surface area contributed by atoms with Gasteiger partial charge in [-0.1, -0.05) is 24.3 Å². The molecule has 0 aromatic heterocycles. The van der Waals surface area contributed by atoms with E-state index in [9.17, 15) is 0 Å². The second kappa shape index (κ2) is 6.04. The van der Waals surface area contributed by atoms with Gasteiger partial charge in [-0.25, -0.2) is 0 Å². The summed E-state index contributed by atoms with van der Waals surface area (Å²) < 4.78 is 0. The van der Waals surface area contributed by atoms with Crippen LogP contribution in [0.25, 0.3) is 0 Å². The van der Waals surface area contributed by atoms with Crippen LogP contribution >= 0.6 is 0 Å². The van der Waals surface area contributed by atoms with E-state index in [0.717, 1.165) is 13.0 Å². The molecule has 1 saturated heterocycles. The highest BCUT2D eigenvalue weighted by Gasteiger charge is 2.29. The van der Waals surface area contributed by atoms with Gasteiger partial charge in [0.25, 0.3) is 0 Å². The normalized spacial score (nSPS) is 24.6. The molecule has 1 aromatic carbocycles. The van der Waals surface area contributed by atoms with Gasteiger partial charge in [-0.15, -0.1) is 0 Å². The van der Waals surface area contributed by atoms with Gasteiger partial charge in [0, 0.05) is 32.2 Å². The fraction of sp³-hybridized carbons (Fsp3) is 0.625. The van der Waals surface area contributed by atoms with Crippen molar-refractivity contribution in [1.82, 2.24) is 9.80 Å². The van der Waals surface area contributed by atoms with Gasteiger partial charge in [-0.3, -0.25) is 4.90 Å². The lowest BCUT2D eigenvalue weighted by Crippen LogP contribution is -2.47. The molecule has 1 fully saturated rings. The van der Waals surface area contributed by atoms with Crippen molar-refractivity contribution < 1.29 is 0 Å². The molecular formula is C16H25N3. The zero-order valence-corrected chi connectivity index (χ0v) is 11.7. The summed E-state index contributed by atoms with van der Waals surface area (Å²) in [6.07, 6.45) is 3.70. The average Bonchev–Trinajstić information content (AvgIpc) is 2.90. The maximum absolute atomic E-state index is 5.59. The lowest BCUT2D eigenvalue weighted by Gasteiger charge is -2.38. The molecule has 0 radical (unpaired) electrons. The zero-order valence-electron chi connectivity index (χ0n) is 11.7. The number of nitrogens with zero attached hydrogens (tertiary/aromatic N) is 2. The summed E-state index contributed by atoms with van der Waals surface area (Å²) in [5, 5.41) is 0. The van der Waals surface area contributed by atoms with Crippen LogP contribution < -0.4 is 5.73 Å². The zero-order chi connectivity index (χ0) is 13.1. The van der Waals surface area contributed by atoms with E-state index < -0.39 is 0 Å². The van der Waals surface area contributed by atoms with E-state index in [-0.39, 0.29) is 0 Å². The van der Waals surface area contributed by atoms with E-state index in [1.807, 2.05) is 0 Å². The van der Waals surface area contributed by atoms with Crippen LogP contribution in [0.2, 0.25) is 0 Å². The van der Waals surface area contributed by atoms with E-state index in [1.54, 1.807) is 11.1 Å². The van der Waals surface area contributed by atoms with Crippen LogP contribution in [0.15, 0.2) is 24.3 Å². The Balaban J connectivity index is 1.58. The van der Waals surface area contributed by atoms with Gasteiger partial charge in [0.1, 0.15) is 0 Å². The molecule has 1 atom stereocenters. The number of benzene rings is 1. The summed E-state index contributed by atoms with van der Waals surface area (Å²) in [5.41, 5.74) is 8.74. The van der Waals surface area contributed by atoms with Crippen molar-refractivity contribution in [3.8, 4) is 0 Å². The van der Waals surface area contributed by atoms with Crippen molar-refractivity contribution in [3.63, 3.8) is 0 Å². The van der Waals surface area contributed by atoms with Gasteiger partial charge in [0.05, 0.1) is 0 Å². The second-order valence-electron chi connectivity index (χ2n) is 5.77. The molecule has 2 N–H and O–H groups in total. The van der Waals surface area contributed by atoms with Crippen molar-refractivity contribution in [3.05, 3.63) is 35.4 Å². The summed E-state index contributed by atoms with van der Waals surface area (Å²) in [5.74, 6) is 0. The lowest BCUT2D eigenvalue weighted by atomic mass is 10.1. The molecule has 0 spiro atoms. The topological polar surface area (TPSA) is 32.5 Å². The van der Waals surface area contributed by atoms with Gasteiger partial charge in [0.2, 0.25) is 0 Å². The first-order valence-electron chi connectivity index (χ1n) is 7.63. The lowest BCUT2D eigenvalue weighted by molar-refractivity contribution is 0.0957. The van der Waals surface area contributed by atoms with Crippen LogP contribution in [0, 0.1) is 0 Å². The molecule has 0 bridgehead atoms. The molecule has 3 heteroatoms. The van der Waals surface area contributed by atoms with Gasteiger partial charge in [-0.2, -0.15) is 0 Å². The SMILES string of the molecule is NCCCN1CCN([C@@H]2CCc3ccccc32)CC1. The Bertz CT molecular complexity index is 410. The summed E-state index contributed by atoms with van der Waals surface area (Å²) in [7, 11) is 0. The van der Waals surface area contributed by atoms with Crippen LogP contribution in [-0.2, 0) is 6.42 Å². The third-order valence-corrected chi connectivity index (χ3v) is 4.63. The Labute approximate surface area is 116 Å². The summed E-state index contributed by atoms with van der Waals surface area (Å²) >= 11 is 0. The maximum atomic E-state index is 5.59. The average molecular weight is 259 g/mol. The molecule has 0 amide bonds. The van der Waals surface area contributed by atoms with E-state index in [0.29, 0.717) is 6.04 Å². The fourth-order valence-corrected chi connectivity index (χ4v) is 3.53. The van der Waals surface area contributed by atoms with Crippen LogP contribution in [0.4, 0.5) is 0 Å². The molecule has 3 rings (SSSR count). The summed E-state index contributed by atoms with van der Waals surface area (Å²) in [4.78, 5) is 5.25. The summed E-state index contributed by atoms with van der Waals surface area (Å²) in [6, 6.07) is 9.66. The van der Waals surface area contributed by atoms with Crippen LogP contribution in [-0.4, -0.2) is 49.1 Å². The molecule has 104 valence electrons. The quantitative estimate of drug-likeness (QED) is 0.892. The molecule has 1 aromatic rings. The Morgan fingerprint density at radius 1 is 1.11 bits per heavy atom. The van der Waals surface area contributed by atoms with Crippen molar-refractivity contribution in [2.75, 3.05) is 39.3 Å². The van der Waals surface area contributed by atoms with Crippen molar-refractivity contribution in [2.45, 2.75) is 25.3 Å². The number of aryl methyl sites for hydroxylation is 1. The Kier molecular flexibility index (Phi) is 4.16. The number of rotatable bonds is 4. The first kappa shape index (κ1) is 13.1. The standard InChI is InChI=1S/C16H25N3/c17-8-3-9-18-10-12-19(13-11-18)16-7-6-14-4-1-2-5-15(14)16/h1-2,4-5,16H,3,6-13,17H2/t16-/m1/s1. The highest BCUT2D eigenvalue weighted by atomic mass is 15.3. The van der Waals surface area contributed by atoms with E-state index in [1.165, 1.54) is 45.6 Å². The molecule has 1 aliphatic heterocycles. The largest absolute Gasteiger partial charge is 0.330 e. The van der Waals surface area contributed by atoms with Crippen LogP contribution in [0.5, 0.6) is 0 Å². The number of hydrogen-bond donors (Lipinski definition) is 1. The number of nitrogens with two attached hydrogens (primary N) is 1. The maximum Gasteiger partial charge on any atom is 0.0355 e. The highest BCUT2D eigenvalue weighted by molar-refractivity contribution is 5.34. The highest BCUT2D eigenvalue weighted by Crippen LogP contribution is 2.35. The van der Waals surface area contributed by atoms with E-state index in [2.05, 4.69) is 34.1 Å². The molecule has 1 heterocycles. The van der Waals surface area contributed by atoms with E-state index in [4.69, 9.17) is 5.73 Å². The Morgan fingerprint density at radius 2 is 1.89 bits per heavy atom. The third-order valence-electron chi connectivity index (χ3n) is 4.63. The number of fused-ring (bicyclic) bond motifs is 1. The van der Waals surface area contributed by atoms with Gasteiger partial charge in [-0.05, 0) is 43.5 Å². The first-order chi connectivity index (χ1) is 9.38. The molecule has 3 nitrogen and oxygen atoms in total. The molecule has 19 heavy (non-hydrogen) atoms. The molecule has 2 aliphatic rings. The van der Waals surface area contributed by atoms with Gasteiger partial charge in [0.15, 0.2) is 0 Å². The minimum absolute atomic E-state index is 0.674. The number of hydrogen-bond acceptors (Lipinski definition) is 3. The van der Waals surface area contributed by atoms with Gasteiger partial charge >= 0.3 is 0 Å². The molecule has 0 saturated carbocycles. The molecular weight excluding hydrogens is 234 g/mol. The van der Waals surface area contributed by atoms with E-state index >= 15 is 0 Å². The minimum Gasteiger partial charge on any atom is -0.330 e. The van der Waals surface area contributed by atoms with Crippen molar-refractivity contribution >= 4 is 0 Å².